The molecule has 0 aromatic heterocycles. The molecule has 0 spiro atoms. The van der Waals surface area contributed by atoms with Gasteiger partial charge in [0.15, 0.2) is 0 Å². The molecular weight excluding hydrogens is 346 g/mol. The van der Waals surface area contributed by atoms with Crippen molar-refractivity contribution >= 4 is 37.8 Å². The highest BCUT2D eigenvalue weighted by Gasteiger charge is 2.12. The lowest BCUT2D eigenvalue weighted by Crippen LogP contribution is -2.28. The van der Waals surface area contributed by atoms with E-state index in [4.69, 9.17) is 0 Å². The average Bonchev–Trinajstić information content (AvgIpc) is 2.28. The fourth-order valence-electron chi connectivity index (χ4n) is 1.47. The van der Waals surface area contributed by atoms with Gasteiger partial charge in [-0.05, 0) is 37.1 Å². The van der Waals surface area contributed by atoms with Crippen LogP contribution in [0.5, 0.6) is 0 Å². The largest absolute Gasteiger partial charge is 0.342 e. The zero-order valence-electron chi connectivity index (χ0n) is 10.3. The molecule has 0 saturated heterocycles. The number of hydrogen-bond donors (Lipinski definition) is 0. The predicted molar refractivity (Wildman–Crippen MR) is 78.8 cm³/mol. The van der Waals surface area contributed by atoms with Crippen molar-refractivity contribution in [2.24, 2.45) is 0 Å². The van der Waals surface area contributed by atoms with E-state index in [1.165, 1.54) is 0 Å². The Hall–Kier alpha value is -0.350. The molecule has 1 rings (SSSR count). The Kier molecular flexibility index (Phi) is 5.67. The molecule has 2 nitrogen and oxygen atoms in total. The molecule has 0 saturated carbocycles. The number of aryl methyl sites for hydroxylation is 1. The maximum atomic E-state index is 12.1. The highest BCUT2D eigenvalue weighted by molar-refractivity contribution is 9.10. The van der Waals surface area contributed by atoms with Gasteiger partial charge in [-0.1, -0.05) is 38.8 Å². The van der Waals surface area contributed by atoms with Crippen LogP contribution in [0, 0.1) is 6.92 Å². The molecule has 17 heavy (non-hydrogen) atoms. The van der Waals surface area contributed by atoms with Crippen LogP contribution >= 0.6 is 31.9 Å². The van der Waals surface area contributed by atoms with E-state index in [-0.39, 0.29) is 5.91 Å². The quantitative estimate of drug-likeness (QED) is 0.741. The van der Waals surface area contributed by atoms with Crippen molar-refractivity contribution in [2.45, 2.75) is 25.1 Å². The number of halogens is 2. The van der Waals surface area contributed by atoms with Gasteiger partial charge in [0.1, 0.15) is 0 Å². The third kappa shape index (κ3) is 4.43. The zero-order chi connectivity index (χ0) is 13.0. The number of alkyl halides is 1. The predicted octanol–water partition coefficient (Wildman–Crippen LogP) is 4.00. The number of rotatable bonds is 4. The van der Waals surface area contributed by atoms with Crippen LogP contribution in [0.1, 0.15) is 29.3 Å². The summed E-state index contributed by atoms with van der Waals surface area (Å²) < 4.78 is 1.03. The maximum Gasteiger partial charge on any atom is 0.253 e. The average molecular weight is 363 g/mol. The molecule has 4 heteroatoms. The van der Waals surface area contributed by atoms with Gasteiger partial charge in [0.05, 0.1) is 0 Å². The fourth-order valence-corrected chi connectivity index (χ4v) is 1.92. The van der Waals surface area contributed by atoms with E-state index >= 15 is 0 Å². The Morgan fingerprint density at radius 3 is 2.65 bits per heavy atom. The first-order valence-electron chi connectivity index (χ1n) is 5.57. The van der Waals surface area contributed by atoms with Crippen LogP contribution in [0.4, 0.5) is 0 Å². The number of benzene rings is 1. The summed E-state index contributed by atoms with van der Waals surface area (Å²) in [6, 6.07) is 5.69. The molecule has 0 aliphatic rings. The van der Waals surface area contributed by atoms with Crippen molar-refractivity contribution in [3.63, 3.8) is 0 Å². The summed E-state index contributed by atoms with van der Waals surface area (Å²) in [7, 11) is 1.84. The second-order valence-electron chi connectivity index (χ2n) is 4.26. The van der Waals surface area contributed by atoms with E-state index in [1.807, 2.05) is 32.2 Å². The summed E-state index contributed by atoms with van der Waals surface area (Å²) in [5.41, 5.74) is 1.83. The van der Waals surface area contributed by atoms with E-state index in [2.05, 4.69) is 38.8 Å². The van der Waals surface area contributed by atoms with Crippen molar-refractivity contribution < 1.29 is 4.79 Å². The van der Waals surface area contributed by atoms with Gasteiger partial charge in [-0.2, -0.15) is 0 Å². The molecule has 0 N–H and O–H groups in total. The third-order valence-electron chi connectivity index (χ3n) is 2.61. The molecule has 1 unspecified atom stereocenters. The van der Waals surface area contributed by atoms with Gasteiger partial charge in [0.2, 0.25) is 0 Å². The van der Waals surface area contributed by atoms with E-state index < -0.39 is 0 Å². The number of amides is 1. The number of carbonyl (C=O) groups excluding carboxylic acids is 1. The molecule has 1 amide bonds. The van der Waals surface area contributed by atoms with Crippen LogP contribution in [-0.4, -0.2) is 29.2 Å². The molecule has 1 atom stereocenters. The molecule has 0 aliphatic carbocycles. The fraction of sp³-hybridized carbons (Fsp3) is 0.462. The molecular formula is C13H17Br2NO. The lowest BCUT2D eigenvalue weighted by molar-refractivity contribution is 0.0794. The minimum atomic E-state index is 0.0775. The molecule has 0 aliphatic heterocycles. The Morgan fingerprint density at radius 1 is 1.47 bits per heavy atom. The lowest BCUT2D eigenvalue weighted by atomic mass is 10.1. The van der Waals surface area contributed by atoms with E-state index in [0.717, 1.165) is 28.6 Å². The molecule has 0 bridgehead atoms. The Bertz CT molecular complexity index is 404. The molecule has 0 fully saturated rings. The van der Waals surface area contributed by atoms with Crippen LogP contribution in [0.25, 0.3) is 0 Å². The second kappa shape index (κ2) is 6.55. The molecule has 1 aromatic carbocycles. The topological polar surface area (TPSA) is 20.3 Å². The van der Waals surface area contributed by atoms with Crippen molar-refractivity contribution in [3.8, 4) is 0 Å². The van der Waals surface area contributed by atoms with Crippen molar-refractivity contribution in [3.05, 3.63) is 33.8 Å². The summed E-state index contributed by atoms with van der Waals surface area (Å²) in [6.45, 7) is 4.84. The Labute approximate surface area is 120 Å². The van der Waals surface area contributed by atoms with Crippen molar-refractivity contribution in [1.82, 2.24) is 4.90 Å². The summed E-state index contributed by atoms with van der Waals surface area (Å²) in [5, 5.41) is 0. The van der Waals surface area contributed by atoms with Gasteiger partial charge in [0.25, 0.3) is 5.91 Å². The first-order chi connectivity index (χ1) is 7.91. The Balaban J connectivity index is 2.71. The highest BCUT2D eigenvalue weighted by atomic mass is 79.9. The van der Waals surface area contributed by atoms with Crippen LogP contribution in [0.15, 0.2) is 22.7 Å². The summed E-state index contributed by atoms with van der Waals surface area (Å²) in [4.78, 5) is 14.3. The van der Waals surface area contributed by atoms with Gasteiger partial charge < -0.3 is 4.90 Å². The molecule has 1 aromatic rings. The maximum absolute atomic E-state index is 12.1. The minimum absolute atomic E-state index is 0.0775. The second-order valence-corrected chi connectivity index (χ2v) is 6.68. The van der Waals surface area contributed by atoms with Crippen LogP contribution in [0.2, 0.25) is 0 Å². The standard InChI is InChI=1S/C13H17Br2NO/c1-9-8-11(4-5-12(9)15)13(17)16(3)7-6-10(2)14/h4-5,8,10H,6-7H2,1-3H3. The summed E-state index contributed by atoms with van der Waals surface area (Å²) >= 11 is 6.92. The molecule has 0 radical (unpaired) electrons. The van der Waals surface area contributed by atoms with Gasteiger partial charge in [-0.15, -0.1) is 0 Å². The van der Waals surface area contributed by atoms with Gasteiger partial charge >= 0.3 is 0 Å². The number of carbonyl (C=O) groups is 1. The number of hydrogen-bond acceptors (Lipinski definition) is 1. The van der Waals surface area contributed by atoms with Crippen molar-refractivity contribution in [1.29, 1.82) is 0 Å². The van der Waals surface area contributed by atoms with Crippen LogP contribution < -0.4 is 0 Å². The lowest BCUT2D eigenvalue weighted by Gasteiger charge is -2.18. The van der Waals surface area contributed by atoms with Gasteiger partial charge in [0, 0.05) is 28.5 Å². The first kappa shape index (κ1) is 14.7. The first-order valence-corrected chi connectivity index (χ1v) is 7.28. The van der Waals surface area contributed by atoms with Gasteiger partial charge in [-0.3, -0.25) is 4.79 Å². The number of nitrogens with zero attached hydrogens (tertiary/aromatic N) is 1. The highest BCUT2D eigenvalue weighted by Crippen LogP contribution is 2.18. The molecule has 94 valence electrons. The minimum Gasteiger partial charge on any atom is -0.342 e. The van der Waals surface area contributed by atoms with Crippen LogP contribution in [0.3, 0.4) is 0 Å². The Morgan fingerprint density at radius 2 is 2.12 bits per heavy atom. The zero-order valence-corrected chi connectivity index (χ0v) is 13.5. The summed E-state index contributed by atoms with van der Waals surface area (Å²) in [5.74, 6) is 0.0775. The smallest absolute Gasteiger partial charge is 0.253 e. The van der Waals surface area contributed by atoms with E-state index in [9.17, 15) is 4.79 Å². The third-order valence-corrected chi connectivity index (χ3v) is 3.96. The monoisotopic (exact) mass is 361 g/mol. The van der Waals surface area contributed by atoms with E-state index in [0.29, 0.717) is 4.83 Å². The van der Waals surface area contributed by atoms with Gasteiger partial charge in [-0.25, -0.2) is 0 Å². The normalized spacial score (nSPS) is 12.3. The van der Waals surface area contributed by atoms with Crippen molar-refractivity contribution in [2.75, 3.05) is 13.6 Å². The van der Waals surface area contributed by atoms with E-state index in [1.54, 1.807) is 4.90 Å². The summed E-state index contributed by atoms with van der Waals surface area (Å²) in [6.07, 6.45) is 0.956. The SMILES string of the molecule is Cc1cc(C(=O)N(C)CCC(C)Br)ccc1Br. The van der Waals surface area contributed by atoms with Crippen LogP contribution in [-0.2, 0) is 0 Å². The molecule has 0 heterocycles.